The van der Waals surface area contributed by atoms with E-state index in [4.69, 9.17) is 20.4 Å². The molecule has 14 aromatic rings. The van der Waals surface area contributed by atoms with E-state index in [9.17, 15) is 36.7 Å². The molecule has 0 spiro atoms. The maximum absolute atomic E-state index is 12.6. The number of carboxylic acid groups (broad SMARTS) is 1. The van der Waals surface area contributed by atoms with Gasteiger partial charge in [-0.05, 0) is 147 Å². The van der Waals surface area contributed by atoms with Gasteiger partial charge in [-0.3, -0.25) is 18.8 Å². The van der Waals surface area contributed by atoms with Gasteiger partial charge in [0, 0.05) is 188 Å². The van der Waals surface area contributed by atoms with E-state index >= 15 is 0 Å². The van der Waals surface area contributed by atoms with Crippen molar-refractivity contribution in [2.75, 3.05) is 0 Å². The first-order valence-electron chi connectivity index (χ1n) is 35.4. The van der Waals surface area contributed by atoms with Gasteiger partial charge in [-0.25, -0.2) is 9.78 Å². The number of rotatable bonds is 10. The van der Waals surface area contributed by atoms with Crippen molar-refractivity contribution in [3.63, 3.8) is 0 Å². The zero-order chi connectivity index (χ0) is 83.9. The molecule has 640 valence electrons. The number of benzene rings is 7. The van der Waals surface area contributed by atoms with Crippen molar-refractivity contribution in [1.29, 1.82) is 0 Å². The van der Waals surface area contributed by atoms with Gasteiger partial charge >= 0.3 is 12.1 Å². The van der Waals surface area contributed by atoms with E-state index in [1.807, 2.05) is 171 Å². The monoisotopic (exact) mass is 2700 g/mol. The number of aliphatic hydroxyl groups excluding tert-OH is 3. The van der Waals surface area contributed by atoms with E-state index in [0.717, 1.165) is 67.9 Å². The second-order valence-corrected chi connectivity index (χ2v) is 24.7. The van der Waals surface area contributed by atoms with Gasteiger partial charge in [0.2, 0.25) is 0 Å². The number of ketones is 3. The predicted molar refractivity (Wildman–Crippen MR) is 445 cm³/mol. The van der Waals surface area contributed by atoms with Gasteiger partial charge in [-0.1, -0.05) is 111 Å². The molecule has 0 saturated heterocycles. The summed E-state index contributed by atoms with van der Waals surface area (Å²) in [7, 11) is 0. The Kier molecular flexibility index (Phi) is 58.3. The normalized spacial score (nSPS) is 9.92. The first-order chi connectivity index (χ1) is 55.0. The largest absolute Gasteiger partial charge is 0.512 e. The number of aromatic nitrogens is 7. The van der Waals surface area contributed by atoms with E-state index in [2.05, 4.69) is 109 Å². The molecular formula is C96H85F4Ir6N7O8-6. The van der Waals surface area contributed by atoms with Crippen LogP contribution in [0.2, 0.25) is 0 Å². The van der Waals surface area contributed by atoms with Crippen LogP contribution in [0.5, 0.6) is 0 Å². The summed E-state index contributed by atoms with van der Waals surface area (Å²) in [5.41, 5.74) is 14.0. The van der Waals surface area contributed by atoms with Crippen molar-refractivity contribution in [3.05, 3.63) is 403 Å². The van der Waals surface area contributed by atoms with Gasteiger partial charge in [0.05, 0.1) is 17.3 Å². The molecule has 25 heteroatoms. The van der Waals surface area contributed by atoms with Crippen LogP contribution < -0.4 is 0 Å². The van der Waals surface area contributed by atoms with Gasteiger partial charge < -0.3 is 50.3 Å². The van der Waals surface area contributed by atoms with E-state index < -0.39 is 17.7 Å². The minimum absolute atomic E-state index is 0. The number of hydrogen-bond donors (Lipinski definition) is 4. The summed E-state index contributed by atoms with van der Waals surface area (Å²) in [5, 5.41) is 35.8. The molecule has 0 unspecified atom stereocenters. The number of allylic oxidation sites excluding steroid dienone is 6. The Bertz CT molecular complexity index is 5260. The second kappa shape index (κ2) is 62.7. The fourth-order valence-corrected chi connectivity index (χ4v) is 9.53. The summed E-state index contributed by atoms with van der Waals surface area (Å²) in [4.78, 5) is 69.1. The van der Waals surface area contributed by atoms with Crippen molar-refractivity contribution in [1.82, 2.24) is 34.9 Å². The van der Waals surface area contributed by atoms with Gasteiger partial charge in [0.1, 0.15) is 5.69 Å². The van der Waals surface area contributed by atoms with E-state index in [1.165, 1.54) is 106 Å². The minimum Gasteiger partial charge on any atom is -0.512 e. The Balaban J connectivity index is 0. The molecule has 0 saturated carbocycles. The van der Waals surface area contributed by atoms with Gasteiger partial charge in [0.15, 0.2) is 17.3 Å². The third-order valence-electron chi connectivity index (χ3n) is 14.4. The van der Waals surface area contributed by atoms with Crippen molar-refractivity contribution < 1.29 is 178 Å². The molecule has 4 N–H and O–H groups in total. The fourth-order valence-electron chi connectivity index (χ4n) is 9.53. The van der Waals surface area contributed by atoms with Crippen molar-refractivity contribution >= 4 is 34.1 Å². The molecule has 0 atom stereocenters. The van der Waals surface area contributed by atoms with Gasteiger partial charge in [0.25, 0.3) is 0 Å². The fraction of sp³-hybridized carbons (Fsp3) is 0.115. The number of hydrogen-bond acceptors (Lipinski definition) is 14. The standard InChI is InChI=1S/C15H10N.C13H9F3N.C12H9FN.2C12H10N.C11H8N.C6H5NO2.3C5H8O2.6Ir/c1-2-7-13(8-3-1)15-14-9-5-4-6-12(14)10-11-16-15;1-9-6-10(12-4-2-3-5-17-12)8-11(7-9)13(14,15)16;1-9-6-7-14-12(8-9)10-2-4-11(13)5-3-10;1-10-5-4-6-11(9-10)12-7-2-3-8-13-12;1-10-5-7-11(8-6-10)12-4-2-3-9-13-12;1-2-6-10(7-3-1)11-8-4-5-9-12-11;8-6(9)5-3-1-2-4-7-5;3*1-4(6)3-5(2)7;;;;;;/h1-7,9-11H;2-7H,1H3;2,4-8H,1H3;2-5,7-9H,1H3;2-7,9H,1H3;1-6,8-9H;1-4H,(H,8,9);3*3,6H,1-2H3;;;;;;/q6*-1;;;;;;;;;;. The summed E-state index contributed by atoms with van der Waals surface area (Å²) in [6.45, 7) is 16.3. The Morgan fingerprint density at radius 1 is 0.339 bits per heavy atom. The predicted octanol–water partition coefficient (Wildman–Crippen LogP) is 22.7. The maximum Gasteiger partial charge on any atom is 0.399 e. The Morgan fingerprint density at radius 2 is 0.744 bits per heavy atom. The number of pyridine rings is 7. The van der Waals surface area contributed by atoms with Crippen LogP contribution in [0.3, 0.4) is 0 Å². The number of halogens is 4. The van der Waals surface area contributed by atoms with Crippen LogP contribution in [-0.2, 0) is 141 Å². The number of aryl methyl sites for hydroxylation is 4. The van der Waals surface area contributed by atoms with Crippen LogP contribution in [0.15, 0.2) is 328 Å². The van der Waals surface area contributed by atoms with Crippen molar-refractivity contribution in [3.8, 4) is 67.5 Å². The number of nitrogens with zero attached hydrogens (tertiary/aromatic N) is 7. The summed E-state index contributed by atoms with van der Waals surface area (Å²) in [6, 6.07) is 94.6. The second-order valence-electron chi connectivity index (χ2n) is 24.7. The quantitative estimate of drug-likeness (QED) is 0.0431. The molecular weight excluding hydrogens is 2610 g/mol. The number of fused-ring (bicyclic) bond motifs is 1. The summed E-state index contributed by atoms with van der Waals surface area (Å²) < 4.78 is 50.5. The smallest absolute Gasteiger partial charge is 0.399 e. The Morgan fingerprint density at radius 3 is 1.14 bits per heavy atom. The molecule has 0 aliphatic heterocycles. The van der Waals surface area contributed by atoms with Gasteiger partial charge in [-0.15, -0.1) is 202 Å². The molecule has 0 aliphatic carbocycles. The molecule has 0 amide bonds. The van der Waals surface area contributed by atoms with Crippen LogP contribution in [0.4, 0.5) is 17.6 Å². The van der Waals surface area contributed by atoms with E-state index in [1.54, 1.807) is 80.4 Å². The minimum atomic E-state index is -4.38. The number of aliphatic hydroxyl groups is 3. The number of carboxylic acids is 1. The maximum atomic E-state index is 12.6. The number of aromatic carboxylic acids is 1. The Labute approximate surface area is 785 Å². The molecule has 7 aromatic carbocycles. The number of carbonyl (C=O) groups is 4. The molecule has 15 nitrogen and oxygen atoms in total. The summed E-state index contributed by atoms with van der Waals surface area (Å²) in [5.74, 6) is -1.45. The van der Waals surface area contributed by atoms with Crippen LogP contribution >= 0.6 is 0 Å². The molecule has 6 radical (unpaired) electrons. The molecule has 7 aromatic heterocycles. The van der Waals surface area contributed by atoms with Crippen LogP contribution in [0.25, 0.3) is 78.3 Å². The van der Waals surface area contributed by atoms with Crippen LogP contribution in [0, 0.1) is 69.9 Å². The third kappa shape index (κ3) is 46.8. The zero-order valence-corrected chi connectivity index (χ0v) is 81.4. The number of carbonyl (C=O) groups excluding carboxylic acids is 3. The van der Waals surface area contributed by atoms with Crippen molar-refractivity contribution in [2.45, 2.75) is 75.4 Å². The first kappa shape index (κ1) is 113. The Hall–Kier alpha value is -10.4. The molecule has 0 aliphatic rings. The molecule has 121 heavy (non-hydrogen) atoms. The molecule has 7 heterocycles. The first-order valence-corrected chi connectivity index (χ1v) is 35.4. The average Bonchev–Trinajstić information content (AvgIpc) is 0.817. The van der Waals surface area contributed by atoms with Gasteiger partial charge in [-0.2, -0.15) is 13.2 Å². The van der Waals surface area contributed by atoms with Crippen LogP contribution in [-0.4, -0.2) is 78.6 Å². The molecule has 14 rings (SSSR count). The third-order valence-corrected chi connectivity index (χ3v) is 14.4. The van der Waals surface area contributed by atoms with Crippen LogP contribution in [0.1, 0.15) is 79.8 Å². The van der Waals surface area contributed by atoms with Crippen molar-refractivity contribution in [2.24, 2.45) is 0 Å². The average molecular weight is 2690 g/mol. The van der Waals surface area contributed by atoms with E-state index in [0.29, 0.717) is 16.8 Å². The molecule has 0 bridgehead atoms. The number of alkyl halides is 3. The SMILES string of the molecule is CC(=O)C=C(C)O.CC(=O)C=C(C)O.CC(=O)C=C(C)O.Cc1c[c-]c(-c2ccccn2)cc1.Cc1cc(-c2ccccn2)[c-]c(C(F)(F)F)c1.Cc1cc[c-]c(-c2ccccn2)c1.Cc1ccnc(-c2[c-]cc(F)cc2)c1.O=C(O)c1ccccn1.[Ir].[Ir].[Ir].[Ir].[Ir].[Ir].[c-]1ccccc1-c1ccccn1.[c-]1ccccc1-c1nccc2ccccc12. The van der Waals surface area contributed by atoms with E-state index in [-0.39, 0.29) is 167 Å². The zero-order valence-electron chi connectivity index (χ0n) is 67.0. The molecule has 0 fully saturated rings. The summed E-state index contributed by atoms with van der Waals surface area (Å²) in [6.07, 6.45) is 11.1. The summed E-state index contributed by atoms with van der Waals surface area (Å²) >= 11 is 0. The topological polar surface area (TPSA) is 239 Å².